The number of nitrogens with zero attached hydrogens (tertiary/aromatic N) is 1. The summed E-state index contributed by atoms with van der Waals surface area (Å²) in [5, 5.41) is 3.06. The normalized spacial score (nSPS) is 13.2. The van der Waals surface area contributed by atoms with Crippen LogP contribution in [-0.2, 0) is 9.84 Å². The number of aromatic nitrogens is 1. The number of rotatable bonds is 4. The second-order valence-electron chi connectivity index (χ2n) is 4.44. The third-order valence-corrected chi connectivity index (χ3v) is 3.84. The molecule has 0 radical (unpaired) electrons. The fourth-order valence-electron chi connectivity index (χ4n) is 1.76. The predicted octanol–water partition coefficient (Wildman–Crippen LogP) is 2.56. The Morgan fingerprint density at radius 2 is 2.05 bits per heavy atom. The number of pyridine rings is 1. The summed E-state index contributed by atoms with van der Waals surface area (Å²) in [5.74, 6) is 1.89. The Kier molecular flexibility index (Phi) is 3.61. The Balaban J connectivity index is 2.29. The molecule has 0 bridgehead atoms. The van der Waals surface area contributed by atoms with Gasteiger partial charge in [-0.2, -0.15) is 0 Å². The molecule has 102 valence electrons. The van der Waals surface area contributed by atoms with Crippen LogP contribution in [0.4, 0.5) is 5.82 Å². The van der Waals surface area contributed by atoms with Crippen LogP contribution in [0.1, 0.15) is 24.5 Å². The highest BCUT2D eigenvalue weighted by Gasteiger charge is 2.17. The minimum atomic E-state index is -3.31. The molecule has 2 aromatic rings. The third-order valence-electron chi connectivity index (χ3n) is 2.71. The minimum Gasteiger partial charge on any atom is -0.464 e. The highest BCUT2D eigenvalue weighted by molar-refractivity contribution is 7.90. The Morgan fingerprint density at radius 3 is 2.63 bits per heavy atom. The molecule has 0 aliphatic rings. The maximum Gasteiger partial charge on any atom is 0.179 e. The lowest BCUT2D eigenvalue weighted by atomic mass is 10.2. The summed E-state index contributed by atoms with van der Waals surface area (Å²) >= 11 is 0. The Morgan fingerprint density at radius 1 is 1.32 bits per heavy atom. The van der Waals surface area contributed by atoms with Gasteiger partial charge in [0.05, 0.1) is 6.04 Å². The number of anilines is 1. The lowest BCUT2D eigenvalue weighted by molar-refractivity contribution is 0.466. The molecule has 1 unspecified atom stereocenters. The summed E-state index contributed by atoms with van der Waals surface area (Å²) in [6.45, 7) is 3.75. The zero-order chi connectivity index (χ0) is 14.0. The van der Waals surface area contributed by atoms with Crippen molar-refractivity contribution in [2.45, 2.75) is 24.8 Å². The van der Waals surface area contributed by atoms with Crippen LogP contribution in [0.3, 0.4) is 0 Å². The van der Waals surface area contributed by atoms with Gasteiger partial charge < -0.3 is 9.73 Å². The largest absolute Gasteiger partial charge is 0.464 e. The van der Waals surface area contributed by atoms with E-state index in [1.54, 1.807) is 12.3 Å². The molecule has 0 spiro atoms. The first kappa shape index (κ1) is 13.6. The molecule has 1 atom stereocenters. The molecule has 19 heavy (non-hydrogen) atoms. The molecule has 2 rings (SSSR count). The number of nitrogens with one attached hydrogen (secondary N) is 1. The van der Waals surface area contributed by atoms with Crippen LogP contribution in [0.2, 0.25) is 0 Å². The second kappa shape index (κ2) is 5.05. The summed E-state index contributed by atoms with van der Waals surface area (Å²) in [6, 6.07) is 6.69. The molecule has 1 N–H and O–H groups in total. The zero-order valence-corrected chi connectivity index (χ0v) is 11.9. The van der Waals surface area contributed by atoms with E-state index >= 15 is 0 Å². The predicted molar refractivity (Wildman–Crippen MR) is 72.8 cm³/mol. The summed E-state index contributed by atoms with van der Waals surface area (Å²) < 4.78 is 28.8. The Hall–Kier alpha value is -1.82. The van der Waals surface area contributed by atoms with Crippen molar-refractivity contribution in [3.05, 3.63) is 42.0 Å². The zero-order valence-electron chi connectivity index (χ0n) is 11.0. The van der Waals surface area contributed by atoms with E-state index in [-0.39, 0.29) is 10.9 Å². The van der Waals surface area contributed by atoms with Gasteiger partial charge in [-0.1, -0.05) is 0 Å². The van der Waals surface area contributed by atoms with Gasteiger partial charge in [0.2, 0.25) is 0 Å². The molecular formula is C13H16N2O3S. The lowest BCUT2D eigenvalue weighted by Gasteiger charge is -2.14. The fourth-order valence-corrected chi connectivity index (χ4v) is 2.55. The van der Waals surface area contributed by atoms with E-state index in [4.69, 9.17) is 4.42 Å². The summed E-state index contributed by atoms with van der Waals surface area (Å²) in [5.41, 5.74) is 0. The molecule has 6 heteroatoms. The molecule has 2 aromatic heterocycles. The molecule has 0 aliphatic heterocycles. The van der Waals surface area contributed by atoms with Crippen molar-refractivity contribution in [2.75, 3.05) is 11.6 Å². The highest BCUT2D eigenvalue weighted by atomic mass is 32.2. The van der Waals surface area contributed by atoms with Crippen molar-refractivity contribution in [1.29, 1.82) is 0 Å². The number of sulfone groups is 1. The van der Waals surface area contributed by atoms with Gasteiger partial charge in [0.1, 0.15) is 22.2 Å². The van der Waals surface area contributed by atoms with Crippen LogP contribution >= 0.6 is 0 Å². The van der Waals surface area contributed by atoms with Crippen molar-refractivity contribution in [1.82, 2.24) is 4.98 Å². The number of hydrogen-bond acceptors (Lipinski definition) is 5. The van der Waals surface area contributed by atoms with E-state index in [1.807, 2.05) is 26.0 Å². The molecule has 5 nitrogen and oxygen atoms in total. The van der Waals surface area contributed by atoms with E-state index in [0.29, 0.717) is 5.82 Å². The van der Waals surface area contributed by atoms with Crippen LogP contribution in [0.15, 0.2) is 39.8 Å². The molecule has 0 saturated heterocycles. The van der Waals surface area contributed by atoms with Crippen LogP contribution in [0.5, 0.6) is 0 Å². The summed E-state index contributed by atoms with van der Waals surface area (Å²) in [6.07, 6.45) is 2.72. The van der Waals surface area contributed by atoms with Gasteiger partial charge in [-0.15, -0.1) is 0 Å². The minimum absolute atomic E-state index is 0.163. The first-order chi connectivity index (χ1) is 8.88. The topological polar surface area (TPSA) is 72.2 Å². The molecule has 0 amide bonds. The average molecular weight is 280 g/mol. The van der Waals surface area contributed by atoms with Crippen molar-refractivity contribution in [3.8, 4) is 0 Å². The smallest absolute Gasteiger partial charge is 0.179 e. The van der Waals surface area contributed by atoms with Gasteiger partial charge in [0.15, 0.2) is 9.84 Å². The van der Waals surface area contributed by atoms with E-state index < -0.39 is 9.84 Å². The van der Waals surface area contributed by atoms with Gasteiger partial charge in [0, 0.05) is 12.5 Å². The number of aryl methyl sites for hydroxylation is 1. The lowest BCUT2D eigenvalue weighted by Crippen LogP contribution is -2.11. The summed E-state index contributed by atoms with van der Waals surface area (Å²) in [4.78, 5) is 4.27. The molecule has 0 fully saturated rings. The van der Waals surface area contributed by atoms with Crippen molar-refractivity contribution < 1.29 is 12.8 Å². The number of furan rings is 1. The van der Waals surface area contributed by atoms with Gasteiger partial charge in [-0.05, 0) is 38.1 Å². The van der Waals surface area contributed by atoms with Crippen LogP contribution < -0.4 is 5.32 Å². The first-order valence-electron chi connectivity index (χ1n) is 5.86. The van der Waals surface area contributed by atoms with E-state index in [9.17, 15) is 8.42 Å². The van der Waals surface area contributed by atoms with Crippen molar-refractivity contribution in [3.63, 3.8) is 0 Å². The van der Waals surface area contributed by atoms with Gasteiger partial charge in [-0.25, -0.2) is 13.4 Å². The van der Waals surface area contributed by atoms with E-state index in [0.717, 1.165) is 17.8 Å². The van der Waals surface area contributed by atoms with Crippen LogP contribution in [0.25, 0.3) is 0 Å². The van der Waals surface area contributed by atoms with Crippen LogP contribution in [-0.4, -0.2) is 19.7 Å². The third kappa shape index (κ3) is 3.14. The molecule has 0 aromatic carbocycles. The highest BCUT2D eigenvalue weighted by Crippen LogP contribution is 2.24. The second-order valence-corrected chi connectivity index (χ2v) is 6.42. The monoisotopic (exact) mass is 280 g/mol. The quantitative estimate of drug-likeness (QED) is 0.931. The molecular weight excluding hydrogens is 264 g/mol. The molecule has 2 heterocycles. The van der Waals surface area contributed by atoms with Gasteiger partial charge >= 0.3 is 0 Å². The maximum atomic E-state index is 11.7. The fraction of sp³-hybridized carbons (Fsp3) is 0.308. The van der Waals surface area contributed by atoms with E-state index in [1.165, 1.54) is 6.07 Å². The number of hydrogen-bond donors (Lipinski definition) is 1. The standard InChI is InChI=1S/C13H16N2O3S/c1-9-6-7-11(18-9)10(2)15-13-12(19(3,16)17)5-4-8-14-13/h4-8,10H,1-3H3,(H,14,15). The van der Waals surface area contributed by atoms with E-state index in [2.05, 4.69) is 10.3 Å². The molecule has 0 saturated carbocycles. The Bertz CT molecular complexity index is 677. The summed E-state index contributed by atoms with van der Waals surface area (Å²) in [7, 11) is -3.31. The van der Waals surface area contributed by atoms with Crippen molar-refractivity contribution in [2.24, 2.45) is 0 Å². The Labute approximate surface area is 112 Å². The van der Waals surface area contributed by atoms with Gasteiger partial charge in [-0.3, -0.25) is 0 Å². The SMILES string of the molecule is Cc1ccc(C(C)Nc2ncccc2S(C)(=O)=O)o1. The maximum absolute atomic E-state index is 11.7. The van der Waals surface area contributed by atoms with Gasteiger partial charge in [0.25, 0.3) is 0 Å². The van der Waals surface area contributed by atoms with Crippen LogP contribution in [0, 0.1) is 6.92 Å². The van der Waals surface area contributed by atoms with Crippen molar-refractivity contribution >= 4 is 15.7 Å². The molecule has 0 aliphatic carbocycles. The average Bonchev–Trinajstić information content (AvgIpc) is 2.75. The first-order valence-corrected chi connectivity index (χ1v) is 7.75.